The van der Waals surface area contributed by atoms with E-state index in [1.54, 1.807) is 0 Å². The molecule has 0 amide bonds. The first-order chi connectivity index (χ1) is 8.52. The third-order valence-corrected chi connectivity index (χ3v) is 4.99. The van der Waals surface area contributed by atoms with Gasteiger partial charge in [-0.05, 0) is 61.8 Å². The van der Waals surface area contributed by atoms with Gasteiger partial charge in [0.15, 0.2) is 0 Å². The molecule has 2 aliphatic rings. The zero-order valence-electron chi connectivity index (χ0n) is 12.7. The fourth-order valence-electron chi connectivity index (χ4n) is 3.61. The van der Waals surface area contributed by atoms with Gasteiger partial charge >= 0.3 is 0 Å². The van der Waals surface area contributed by atoms with Gasteiger partial charge < -0.3 is 10.1 Å². The molecule has 0 aromatic carbocycles. The topological polar surface area (TPSA) is 21.3 Å². The highest BCUT2D eigenvalue weighted by molar-refractivity contribution is 4.90. The Balaban J connectivity index is 1.91. The molecule has 2 fully saturated rings. The summed E-state index contributed by atoms with van der Waals surface area (Å²) in [5.74, 6) is 2.39. The van der Waals surface area contributed by atoms with Crippen LogP contribution < -0.4 is 5.32 Å². The molecule has 2 heteroatoms. The van der Waals surface area contributed by atoms with E-state index in [4.69, 9.17) is 4.74 Å². The molecule has 2 rings (SSSR count). The van der Waals surface area contributed by atoms with Crippen molar-refractivity contribution in [2.24, 2.45) is 23.2 Å². The van der Waals surface area contributed by atoms with Crippen molar-refractivity contribution in [3.8, 4) is 0 Å². The Morgan fingerprint density at radius 3 is 2.61 bits per heavy atom. The smallest absolute Gasteiger partial charge is 0.0490 e. The maximum Gasteiger partial charge on any atom is 0.0490 e. The van der Waals surface area contributed by atoms with Crippen LogP contribution in [0.15, 0.2) is 0 Å². The highest BCUT2D eigenvalue weighted by Gasteiger charge is 2.37. The van der Waals surface area contributed by atoms with Crippen LogP contribution in [-0.2, 0) is 4.74 Å². The van der Waals surface area contributed by atoms with Gasteiger partial charge in [-0.3, -0.25) is 0 Å². The zero-order valence-corrected chi connectivity index (χ0v) is 12.7. The van der Waals surface area contributed by atoms with Gasteiger partial charge in [0.25, 0.3) is 0 Å². The number of hydrogen-bond acceptors (Lipinski definition) is 2. The summed E-state index contributed by atoms with van der Waals surface area (Å²) in [5, 5.41) is 3.74. The SMILES string of the molecule is COCC(C)C1CC(C)(C)CCC1CNC1CC1. The van der Waals surface area contributed by atoms with E-state index in [0.29, 0.717) is 11.3 Å². The lowest BCUT2D eigenvalue weighted by Crippen LogP contribution is -2.40. The average molecular weight is 253 g/mol. The Labute approximate surface area is 113 Å². The lowest BCUT2D eigenvalue weighted by Gasteiger charge is -2.43. The van der Waals surface area contributed by atoms with Gasteiger partial charge in [-0.1, -0.05) is 20.8 Å². The molecule has 3 atom stereocenters. The summed E-state index contributed by atoms with van der Waals surface area (Å²) in [6.07, 6.45) is 6.95. The molecular weight excluding hydrogens is 222 g/mol. The van der Waals surface area contributed by atoms with Gasteiger partial charge in [-0.15, -0.1) is 0 Å². The van der Waals surface area contributed by atoms with Gasteiger partial charge in [0, 0.05) is 19.8 Å². The molecule has 2 aliphatic carbocycles. The minimum atomic E-state index is 0.531. The summed E-state index contributed by atoms with van der Waals surface area (Å²) in [6.45, 7) is 9.40. The van der Waals surface area contributed by atoms with E-state index in [2.05, 4.69) is 26.1 Å². The van der Waals surface area contributed by atoms with Crippen LogP contribution in [0.5, 0.6) is 0 Å². The summed E-state index contributed by atoms with van der Waals surface area (Å²) < 4.78 is 5.39. The minimum absolute atomic E-state index is 0.531. The van der Waals surface area contributed by atoms with Crippen molar-refractivity contribution in [1.29, 1.82) is 0 Å². The normalized spacial score (nSPS) is 33.3. The van der Waals surface area contributed by atoms with E-state index in [1.807, 2.05) is 7.11 Å². The molecule has 1 N–H and O–H groups in total. The Morgan fingerprint density at radius 1 is 1.28 bits per heavy atom. The van der Waals surface area contributed by atoms with Gasteiger partial charge in [0.2, 0.25) is 0 Å². The van der Waals surface area contributed by atoms with E-state index in [0.717, 1.165) is 24.5 Å². The third-order valence-electron chi connectivity index (χ3n) is 4.99. The number of ether oxygens (including phenoxy) is 1. The Kier molecular flexibility index (Phi) is 4.71. The third kappa shape index (κ3) is 3.96. The lowest BCUT2D eigenvalue weighted by molar-refractivity contribution is 0.0402. The number of methoxy groups -OCH3 is 1. The maximum absolute atomic E-state index is 5.39. The molecular formula is C16H31NO. The zero-order chi connectivity index (χ0) is 13.2. The quantitative estimate of drug-likeness (QED) is 0.782. The molecule has 2 nitrogen and oxygen atoms in total. The molecule has 0 bridgehead atoms. The van der Waals surface area contributed by atoms with Gasteiger partial charge in [0.05, 0.1) is 0 Å². The number of nitrogens with one attached hydrogen (secondary N) is 1. The van der Waals surface area contributed by atoms with E-state index >= 15 is 0 Å². The predicted octanol–water partition coefficient (Wildman–Crippen LogP) is 3.46. The van der Waals surface area contributed by atoms with E-state index in [-0.39, 0.29) is 0 Å². The van der Waals surface area contributed by atoms with Gasteiger partial charge in [0.1, 0.15) is 0 Å². The Hall–Kier alpha value is -0.0800. The van der Waals surface area contributed by atoms with Crippen molar-refractivity contribution in [3.63, 3.8) is 0 Å². The molecule has 0 aromatic heterocycles. The molecule has 0 aromatic rings. The van der Waals surface area contributed by atoms with Gasteiger partial charge in [-0.2, -0.15) is 0 Å². The molecule has 0 spiro atoms. The Morgan fingerprint density at radius 2 is 2.00 bits per heavy atom. The molecule has 0 saturated heterocycles. The van der Waals surface area contributed by atoms with Crippen LogP contribution >= 0.6 is 0 Å². The molecule has 0 heterocycles. The highest BCUT2D eigenvalue weighted by atomic mass is 16.5. The molecule has 106 valence electrons. The monoisotopic (exact) mass is 253 g/mol. The van der Waals surface area contributed by atoms with E-state index < -0.39 is 0 Å². The fourth-order valence-corrected chi connectivity index (χ4v) is 3.61. The van der Waals surface area contributed by atoms with Crippen LogP contribution in [0.4, 0.5) is 0 Å². The van der Waals surface area contributed by atoms with Crippen molar-refractivity contribution in [2.45, 2.75) is 58.9 Å². The van der Waals surface area contributed by atoms with Crippen molar-refractivity contribution in [3.05, 3.63) is 0 Å². The summed E-state index contributed by atoms with van der Waals surface area (Å²) in [6, 6.07) is 0.846. The predicted molar refractivity (Wildman–Crippen MR) is 76.7 cm³/mol. The first-order valence-electron chi connectivity index (χ1n) is 7.74. The van der Waals surface area contributed by atoms with Crippen LogP contribution in [0.1, 0.15) is 52.9 Å². The average Bonchev–Trinajstić information content (AvgIpc) is 3.11. The summed E-state index contributed by atoms with van der Waals surface area (Å²) in [4.78, 5) is 0. The number of hydrogen-bond donors (Lipinski definition) is 1. The largest absolute Gasteiger partial charge is 0.384 e. The van der Waals surface area contributed by atoms with Crippen LogP contribution in [0.25, 0.3) is 0 Å². The summed E-state index contributed by atoms with van der Waals surface area (Å²) >= 11 is 0. The fraction of sp³-hybridized carbons (Fsp3) is 1.00. The molecule has 0 aliphatic heterocycles. The maximum atomic E-state index is 5.39. The second kappa shape index (κ2) is 5.92. The van der Waals surface area contributed by atoms with Crippen LogP contribution in [-0.4, -0.2) is 26.3 Å². The second-order valence-corrected chi connectivity index (χ2v) is 7.45. The van der Waals surface area contributed by atoms with Crippen LogP contribution in [0.2, 0.25) is 0 Å². The molecule has 3 unspecified atom stereocenters. The van der Waals surface area contributed by atoms with Crippen molar-refractivity contribution >= 4 is 0 Å². The second-order valence-electron chi connectivity index (χ2n) is 7.45. The minimum Gasteiger partial charge on any atom is -0.384 e. The molecule has 2 saturated carbocycles. The molecule has 18 heavy (non-hydrogen) atoms. The molecule has 0 radical (unpaired) electrons. The van der Waals surface area contributed by atoms with Crippen LogP contribution in [0.3, 0.4) is 0 Å². The van der Waals surface area contributed by atoms with Gasteiger partial charge in [-0.25, -0.2) is 0 Å². The lowest BCUT2D eigenvalue weighted by atomic mass is 9.63. The highest BCUT2D eigenvalue weighted by Crippen LogP contribution is 2.44. The van der Waals surface area contributed by atoms with Crippen molar-refractivity contribution in [1.82, 2.24) is 5.32 Å². The van der Waals surface area contributed by atoms with Crippen molar-refractivity contribution < 1.29 is 4.74 Å². The van der Waals surface area contributed by atoms with E-state index in [1.165, 1.54) is 38.6 Å². The van der Waals surface area contributed by atoms with Crippen molar-refractivity contribution in [2.75, 3.05) is 20.3 Å². The Bertz CT molecular complexity index is 258. The first kappa shape index (κ1) is 14.3. The van der Waals surface area contributed by atoms with Crippen LogP contribution in [0, 0.1) is 23.2 Å². The summed E-state index contributed by atoms with van der Waals surface area (Å²) in [5.41, 5.74) is 0.531. The first-order valence-corrected chi connectivity index (χ1v) is 7.74. The van der Waals surface area contributed by atoms with E-state index in [9.17, 15) is 0 Å². The number of rotatable bonds is 6. The standard InChI is InChI=1S/C16H31NO/c1-12(11-18-4)15-9-16(2,3)8-7-13(15)10-17-14-5-6-14/h12-15,17H,5-11H2,1-4H3. The summed E-state index contributed by atoms with van der Waals surface area (Å²) in [7, 11) is 1.84.